The number of hydrogen-bond acceptors (Lipinski definition) is 8. The molecule has 8 atom stereocenters. The molecular formula is C30H48N6O14+4. The summed E-state index contributed by atoms with van der Waals surface area (Å²) in [7, 11) is 0. The second-order valence-electron chi connectivity index (χ2n) is 14.2. The van der Waals surface area contributed by atoms with Gasteiger partial charge in [-0.3, -0.25) is 14.4 Å². The smallest absolute Gasteiger partial charge is 0.481 e. The zero-order valence-electron chi connectivity index (χ0n) is 28.0. The van der Waals surface area contributed by atoms with E-state index in [4.69, 9.17) is 5.11 Å². The minimum Gasteiger partial charge on any atom is -0.481 e. The van der Waals surface area contributed by atoms with Gasteiger partial charge in [0.25, 0.3) is 0 Å². The van der Waals surface area contributed by atoms with Crippen LogP contribution in [0.1, 0.15) is 39.0 Å². The first-order valence-corrected chi connectivity index (χ1v) is 16.7. The predicted molar refractivity (Wildman–Crippen MR) is 164 cm³/mol. The maximum Gasteiger partial charge on any atom is 0.482 e. The number of aliphatic carboxylic acids is 6. The van der Waals surface area contributed by atoms with Crippen molar-refractivity contribution in [1.82, 2.24) is 10.6 Å². The molecule has 20 heteroatoms. The number of hydrogen-bond donors (Lipinski definition) is 8. The highest BCUT2D eigenvalue weighted by atomic mass is 16.4. The van der Waals surface area contributed by atoms with E-state index in [2.05, 4.69) is 5.32 Å². The topological polar surface area (TPSA) is 282 Å². The van der Waals surface area contributed by atoms with Crippen LogP contribution in [0, 0.1) is 5.92 Å². The first-order valence-electron chi connectivity index (χ1n) is 16.7. The van der Waals surface area contributed by atoms with Gasteiger partial charge in [-0.1, -0.05) is 0 Å². The Morgan fingerprint density at radius 1 is 0.580 bits per heavy atom. The number of quaternary nitrogens is 4. The maximum absolute atomic E-state index is 13.3. The van der Waals surface area contributed by atoms with Gasteiger partial charge in [-0.2, -0.15) is 8.97 Å². The number of ketones is 1. The third-order valence-electron chi connectivity index (χ3n) is 11.8. The van der Waals surface area contributed by atoms with Gasteiger partial charge in [-0.25, -0.2) is 24.0 Å². The Balaban J connectivity index is 1.54. The number of carboxylic acids is 6. The summed E-state index contributed by atoms with van der Waals surface area (Å²) in [5.41, 5.74) is 0. The zero-order valence-corrected chi connectivity index (χ0v) is 28.0. The Labute approximate surface area is 286 Å². The lowest BCUT2D eigenvalue weighted by Crippen LogP contribution is -2.85. The van der Waals surface area contributed by atoms with E-state index < -0.39 is 104 Å². The monoisotopic (exact) mass is 716 g/mol. The third kappa shape index (κ3) is 6.35. The van der Waals surface area contributed by atoms with Gasteiger partial charge in [-0.05, 0) is 19.8 Å². The number of nitrogens with zero attached hydrogens (tertiary/aromatic N) is 4. The molecule has 4 unspecified atom stereocenters. The molecule has 1 spiro atoms. The summed E-state index contributed by atoms with van der Waals surface area (Å²) in [6.45, 7) is 5.96. The summed E-state index contributed by atoms with van der Waals surface area (Å²) < 4.78 is 0.895. The second kappa shape index (κ2) is 14.1. The van der Waals surface area contributed by atoms with E-state index in [0.29, 0.717) is 63.4 Å². The minimum atomic E-state index is -1.66. The van der Waals surface area contributed by atoms with E-state index in [1.54, 1.807) is 0 Å². The maximum atomic E-state index is 13.3. The molecule has 4 fully saturated rings. The van der Waals surface area contributed by atoms with Crippen LogP contribution in [-0.2, 0) is 33.6 Å². The highest BCUT2D eigenvalue weighted by Gasteiger charge is 2.98. The molecule has 4 saturated heterocycles. The van der Waals surface area contributed by atoms with Gasteiger partial charge in [0.1, 0.15) is 82.7 Å². The van der Waals surface area contributed by atoms with Gasteiger partial charge in [0.2, 0.25) is 0 Å². The molecular weight excluding hydrogens is 668 g/mol. The van der Waals surface area contributed by atoms with Crippen molar-refractivity contribution in [3.63, 3.8) is 0 Å². The van der Waals surface area contributed by atoms with Crippen molar-refractivity contribution in [3.8, 4) is 0 Å². The van der Waals surface area contributed by atoms with Crippen LogP contribution in [-0.4, -0.2) is 193 Å². The molecule has 278 valence electrons. The molecule has 8 N–H and O–H groups in total. The van der Waals surface area contributed by atoms with Crippen molar-refractivity contribution in [2.24, 2.45) is 5.92 Å². The van der Waals surface area contributed by atoms with Crippen LogP contribution in [0.15, 0.2) is 0 Å². The Kier molecular flexibility index (Phi) is 10.8. The normalized spacial score (nSPS) is 32.3. The molecule has 50 heavy (non-hydrogen) atoms. The van der Waals surface area contributed by atoms with E-state index in [1.165, 1.54) is 0 Å². The average molecular weight is 717 g/mol. The van der Waals surface area contributed by atoms with Crippen LogP contribution in [0.2, 0.25) is 0 Å². The van der Waals surface area contributed by atoms with Gasteiger partial charge in [-0.15, -0.1) is 8.97 Å². The van der Waals surface area contributed by atoms with Crippen molar-refractivity contribution in [2.75, 3.05) is 78.5 Å². The zero-order chi connectivity index (χ0) is 37.3. The molecule has 0 bridgehead atoms. The minimum absolute atomic E-state index is 0.0454. The van der Waals surface area contributed by atoms with Crippen LogP contribution >= 0.6 is 0 Å². The van der Waals surface area contributed by atoms with Gasteiger partial charge >= 0.3 is 47.8 Å². The molecule has 20 nitrogen and oxygen atoms in total. The number of carbonyl (C=O) groups is 8. The summed E-state index contributed by atoms with van der Waals surface area (Å²) in [4.78, 5) is 97.2. The van der Waals surface area contributed by atoms with E-state index in [0.717, 1.165) is 0 Å². The Hall–Kier alpha value is -4.40. The van der Waals surface area contributed by atoms with Crippen molar-refractivity contribution in [3.05, 3.63) is 0 Å². The van der Waals surface area contributed by atoms with Crippen LogP contribution in [0.5, 0.6) is 0 Å². The summed E-state index contributed by atoms with van der Waals surface area (Å²) in [5, 5.41) is 62.4. The fourth-order valence-corrected chi connectivity index (χ4v) is 10.2. The third-order valence-corrected chi connectivity index (χ3v) is 11.8. The predicted octanol–water partition coefficient (Wildman–Crippen LogP) is -2.38. The number of carboxylic acid groups (broad SMARTS) is 6. The molecule has 4 aliphatic rings. The highest BCUT2D eigenvalue weighted by Crippen LogP contribution is 2.62. The standard InChI is InChI=1S/C30H44N6O14/c1-2-33-7-9-34(11-12-36(18-25(42)43)14-13-35(10-8-33,17-24(40)41)30(33,34)36)16-19(26(44)45)15-20(37)3-4-21(27(46)47)31-29(50)32-22(28(48)49)5-6-23(38)39/h19,21-22H,2-18H2,1H3,(H4-4,31,32,38,39,40,41,42,43,44,45,46,47,48,49,50)/p+4/t19-,21-,22-,30-,33?,34?,35?,36?/m0/s1. The highest BCUT2D eigenvalue weighted by molar-refractivity contribution is 5.87. The SMILES string of the molecule is CC[N+]12CC[N+]3(CC(=O)O)CC[N+]4(CC(=O)O)CC[N+](C[C@H](CC(=O)CC[C@H](NC(=O)N[C@@H](CCC(=O)O)C(=O)O)C(=O)O)C(=O)O)(CC1)[C@@]234. The van der Waals surface area contributed by atoms with Crippen LogP contribution in [0.4, 0.5) is 4.79 Å². The number of urea groups is 1. The van der Waals surface area contributed by atoms with Crippen molar-refractivity contribution in [1.29, 1.82) is 0 Å². The largest absolute Gasteiger partial charge is 0.482 e. The van der Waals surface area contributed by atoms with Crippen molar-refractivity contribution >= 4 is 47.6 Å². The summed E-state index contributed by atoms with van der Waals surface area (Å²) in [6, 6.07) is -4.48. The van der Waals surface area contributed by atoms with E-state index in [-0.39, 0.29) is 33.1 Å². The van der Waals surface area contributed by atoms with Crippen LogP contribution in [0.25, 0.3) is 0 Å². The lowest BCUT2D eigenvalue weighted by Gasteiger charge is -2.50. The number of likely N-dealkylation sites (N-methyl/N-ethyl adjacent to an activating group) is 1. The van der Waals surface area contributed by atoms with Crippen LogP contribution in [0.3, 0.4) is 0 Å². The quantitative estimate of drug-likeness (QED) is 0.0611. The number of nitrogens with one attached hydrogen (secondary N) is 2. The number of amides is 2. The molecule has 4 heterocycles. The lowest BCUT2D eigenvalue weighted by molar-refractivity contribution is -1.36. The molecule has 4 aliphatic heterocycles. The molecule has 0 aromatic carbocycles. The first-order chi connectivity index (χ1) is 23.3. The Bertz CT molecular complexity index is 1430. The molecule has 4 rings (SSSR count). The molecule has 0 radical (unpaired) electrons. The molecule has 0 aromatic rings. The lowest BCUT2D eigenvalue weighted by atomic mass is 9.96. The number of Topliss-reactive ketones (excluding diaryl/α,β-unsaturated/α-hetero) is 1. The van der Waals surface area contributed by atoms with Gasteiger partial charge in [0.15, 0.2) is 13.1 Å². The molecule has 0 aromatic heterocycles. The summed E-state index contributed by atoms with van der Waals surface area (Å²) in [5.74, 6) is -10.5. The summed E-state index contributed by atoms with van der Waals surface area (Å²) in [6.07, 6.45) is -2.41. The fraction of sp³-hybridized carbons (Fsp3) is 0.733. The number of carbonyl (C=O) groups excluding carboxylic acids is 2. The molecule has 2 amide bonds. The van der Waals surface area contributed by atoms with Gasteiger partial charge < -0.3 is 41.3 Å². The second-order valence-corrected chi connectivity index (χ2v) is 14.2. The Morgan fingerprint density at radius 2 is 1.00 bits per heavy atom. The van der Waals surface area contributed by atoms with Crippen molar-refractivity contribution in [2.45, 2.75) is 57.0 Å². The average Bonchev–Trinajstić information content (AvgIpc) is 3.65. The fourth-order valence-electron chi connectivity index (χ4n) is 10.2. The summed E-state index contributed by atoms with van der Waals surface area (Å²) >= 11 is 0. The van der Waals surface area contributed by atoms with Gasteiger partial charge in [0.05, 0.1) is 6.54 Å². The van der Waals surface area contributed by atoms with Gasteiger partial charge in [0, 0.05) is 19.3 Å². The van der Waals surface area contributed by atoms with Crippen LogP contribution < -0.4 is 10.6 Å². The number of rotatable bonds is 20. The van der Waals surface area contributed by atoms with E-state index in [1.807, 2.05) is 12.2 Å². The molecule has 0 saturated carbocycles. The first kappa shape index (κ1) is 38.4. The van der Waals surface area contributed by atoms with Crippen molar-refractivity contribution < 1.29 is 86.9 Å². The Morgan fingerprint density at radius 3 is 1.38 bits per heavy atom. The van der Waals surface area contributed by atoms with E-state index in [9.17, 15) is 63.9 Å². The van der Waals surface area contributed by atoms with E-state index >= 15 is 0 Å². The molecule has 0 aliphatic carbocycles.